The van der Waals surface area contributed by atoms with Crippen molar-refractivity contribution < 1.29 is 143 Å². The molecule has 0 radical (unpaired) electrons. The first-order chi connectivity index (χ1) is 47.0. The van der Waals surface area contributed by atoms with Crippen molar-refractivity contribution in [2.75, 3.05) is 111 Å². The molecule has 101 heavy (non-hydrogen) atoms. The first-order valence-corrected chi connectivity index (χ1v) is 32.7. The lowest BCUT2D eigenvalue weighted by Gasteiger charge is -2.21. The Labute approximate surface area is 602 Å². The summed E-state index contributed by atoms with van der Waals surface area (Å²) in [6, 6.07) is 9.55. The fourth-order valence-corrected chi connectivity index (χ4v) is 4.50. The van der Waals surface area contributed by atoms with E-state index in [1.54, 1.807) is 83.1 Å². The minimum atomic E-state index is -0.928. The first kappa shape index (κ1) is 110. The average Bonchev–Trinajstić information content (AvgIpc) is 1.89. The number of rotatable bonds is 32. The molecule has 0 amide bonds. The molecule has 30 nitrogen and oxygen atoms in total. The van der Waals surface area contributed by atoms with Crippen molar-refractivity contribution in [3.63, 3.8) is 0 Å². The number of carbonyl (C=O) groups is 10. The second kappa shape index (κ2) is 71.6. The van der Waals surface area contributed by atoms with Crippen LogP contribution in [0.3, 0.4) is 0 Å². The van der Waals surface area contributed by atoms with Crippen molar-refractivity contribution in [1.82, 2.24) is 0 Å². The topological polar surface area (TPSA) is 366 Å². The van der Waals surface area contributed by atoms with Crippen LogP contribution in [0.5, 0.6) is 0 Å². The molecule has 0 aliphatic heterocycles. The zero-order valence-corrected chi connectivity index (χ0v) is 66.3. The second-order valence-corrected chi connectivity index (χ2v) is 22.7. The number of carbonyl (C=O) groups excluding carboxylic acids is 9. The van der Waals surface area contributed by atoms with Crippen LogP contribution in [0.25, 0.3) is 0 Å². The van der Waals surface area contributed by atoms with Gasteiger partial charge in [-0.3, -0.25) is 0 Å². The fourth-order valence-electron chi connectivity index (χ4n) is 4.50. The molecule has 0 saturated heterocycles. The van der Waals surface area contributed by atoms with Gasteiger partial charge in [-0.25, -0.2) is 47.9 Å². The zero-order chi connectivity index (χ0) is 80.4. The van der Waals surface area contributed by atoms with Crippen LogP contribution in [-0.4, -0.2) is 249 Å². The molecule has 10 unspecified atom stereocenters. The van der Waals surface area contributed by atoms with Crippen LogP contribution in [0.1, 0.15) is 156 Å². The van der Waals surface area contributed by atoms with Crippen molar-refractivity contribution in [3.05, 3.63) is 48.6 Å². The van der Waals surface area contributed by atoms with Crippen molar-refractivity contribution in [3.8, 4) is 0 Å². The Balaban J connectivity index is -0.000000159. The highest BCUT2D eigenvalue weighted by Crippen LogP contribution is 2.29. The minimum absolute atomic E-state index is 0.0647. The third kappa shape index (κ3) is 75.7. The highest BCUT2D eigenvalue weighted by atomic mass is 16.6. The van der Waals surface area contributed by atoms with E-state index in [1.165, 1.54) is 104 Å². The predicted molar refractivity (Wildman–Crippen MR) is 376 cm³/mol. The maximum Gasteiger partial charge on any atom is 0.335 e. The number of benzene rings is 1. The third-order valence-corrected chi connectivity index (χ3v) is 11.9. The second-order valence-electron chi connectivity index (χ2n) is 22.7. The van der Waals surface area contributed by atoms with Crippen LogP contribution in [0.2, 0.25) is 0 Å². The van der Waals surface area contributed by atoms with Crippen LogP contribution >= 0.6 is 0 Å². The van der Waals surface area contributed by atoms with Crippen LogP contribution in [-0.2, 0) is 145 Å². The molecule has 1 aromatic rings. The lowest BCUT2D eigenvalue weighted by Crippen LogP contribution is -2.31. The Morgan fingerprint density at radius 1 is 0.446 bits per heavy atom. The smallest absolute Gasteiger partial charge is 0.335 e. The van der Waals surface area contributed by atoms with Crippen LogP contribution in [0, 0.1) is 11.8 Å². The summed E-state index contributed by atoms with van der Waals surface area (Å²) in [6.45, 7) is 39.0. The number of methoxy groups -OCH3 is 11. The summed E-state index contributed by atoms with van der Waals surface area (Å²) in [7, 11) is 16.0. The van der Waals surface area contributed by atoms with Gasteiger partial charge in [0.25, 0.3) is 0 Å². The molecule has 10 atom stereocenters. The summed E-state index contributed by atoms with van der Waals surface area (Å²) in [5.41, 5.74) is 0.549. The van der Waals surface area contributed by atoms with E-state index in [4.69, 9.17) is 66.7 Å². The van der Waals surface area contributed by atoms with Gasteiger partial charge >= 0.3 is 59.7 Å². The lowest BCUT2D eigenvalue weighted by atomic mass is 10.2. The van der Waals surface area contributed by atoms with Gasteiger partial charge in [-0.2, -0.15) is 0 Å². The summed E-state index contributed by atoms with van der Waals surface area (Å²) in [5, 5.41) is 8.06. The zero-order valence-electron chi connectivity index (χ0n) is 66.3. The van der Waals surface area contributed by atoms with Gasteiger partial charge in [-0.15, -0.1) is 0 Å². The molecular weight excluding hydrogens is 1330 g/mol. The van der Waals surface area contributed by atoms with Crippen LogP contribution < -0.4 is 0 Å². The molecular formula is C71H130O30. The number of carboxylic acid groups (broad SMARTS) is 1. The number of hydrogen-bond donors (Lipinski definition) is 1. The van der Waals surface area contributed by atoms with Crippen molar-refractivity contribution in [2.24, 2.45) is 11.8 Å². The summed E-state index contributed by atoms with van der Waals surface area (Å²) in [6.07, 6.45) is -0.0921. The molecule has 30 heteroatoms. The maximum atomic E-state index is 11.2. The Bertz CT molecular complexity index is 2230. The van der Waals surface area contributed by atoms with E-state index in [1.807, 2.05) is 71.9 Å². The molecule has 1 N–H and O–H groups in total. The molecule has 0 bridgehead atoms. The van der Waals surface area contributed by atoms with Crippen molar-refractivity contribution in [1.29, 1.82) is 0 Å². The largest absolute Gasteiger partial charge is 0.479 e. The number of ether oxygens (including phenoxy) is 19. The SMILES string of the molecule is C=CCOC(=O)C(C)OC.CCCOC(=O)C(C)OC.CCOC(=O)C(C)OC.COC(=O)C(C)OC.COC(C)C(=O)O.COC(C)C(=O)OC(C)(C)C.COC(C)C(=O)OC(C)C.COC(C)C(=O)OCC(C)C.COC(C)C(=O)OCC1CC1.COC(C)C(=O)OCc1ccccc1. The number of aliphatic carboxylic acids is 1. The molecule has 1 saturated carbocycles. The highest BCUT2D eigenvalue weighted by molar-refractivity contribution is 5.77. The fraction of sp³-hybridized carbons (Fsp3) is 0.746. The average molecular weight is 1460 g/mol. The van der Waals surface area contributed by atoms with Gasteiger partial charge in [0.1, 0.15) is 18.8 Å². The van der Waals surface area contributed by atoms with Gasteiger partial charge in [0.2, 0.25) is 0 Å². The molecule has 0 spiro atoms. The van der Waals surface area contributed by atoms with E-state index in [0.29, 0.717) is 44.9 Å². The molecule has 1 aliphatic carbocycles. The van der Waals surface area contributed by atoms with Gasteiger partial charge in [-0.05, 0) is 147 Å². The maximum absolute atomic E-state index is 11.2. The molecule has 594 valence electrons. The van der Waals surface area contributed by atoms with Gasteiger partial charge in [0.05, 0.1) is 39.6 Å². The predicted octanol–water partition coefficient (Wildman–Crippen LogP) is 8.91. The monoisotopic (exact) mass is 1460 g/mol. The molecule has 1 fully saturated rings. The van der Waals surface area contributed by atoms with Crippen LogP contribution in [0.4, 0.5) is 0 Å². The van der Waals surface area contributed by atoms with E-state index in [-0.39, 0.29) is 66.4 Å². The lowest BCUT2D eigenvalue weighted by molar-refractivity contribution is -0.166. The summed E-state index contributed by atoms with van der Waals surface area (Å²) in [5.74, 6) is -2.72. The van der Waals surface area contributed by atoms with E-state index in [2.05, 4.69) is 35.0 Å². The van der Waals surface area contributed by atoms with Crippen molar-refractivity contribution >= 4 is 59.7 Å². The van der Waals surface area contributed by atoms with Gasteiger partial charge in [-0.1, -0.05) is 63.8 Å². The number of esters is 9. The Morgan fingerprint density at radius 3 is 1.08 bits per heavy atom. The Kier molecular flexibility index (Phi) is 78.2. The number of hydrogen-bond acceptors (Lipinski definition) is 29. The Hall–Kier alpha value is -6.74. The number of carboxylic acids is 1. The van der Waals surface area contributed by atoms with Gasteiger partial charge in [0.15, 0.2) is 61.0 Å². The first-order valence-electron chi connectivity index (χ1n) is 32.7. The van der Waals surface area contributed by atoms with Gasteiger partial charge in [0, 0.05) is 71.1 Å². The third-order valence-electron chi connectivity index (χ3n) is 11.9. The molecule has 1 aromatic carbocycles. The minimum Gasteiger partial charge on any atom is -0.479 e. The Morgan fingerprint density at radius 2 is 0.782 bits per heavy atom. The summed E-state index contributed by atoms with van der Waals surface area (Å²) in [4.78, 5) is 107. The van der Waals surface area contributed by atoms with Crippen LogP contribution in [0.15, 0.2) is 43.0 Å². The quantitative estimate of drug-likeness (QED) is 0.0399. The van der Waals surface area contributed by atoms with Crippen molar-refractivity contribution in [2.45, 2.75) is 230 Å². The molecule has 0 aromatic heterocycles. The summed E-state index contributed by atoms with van der Waals surface area (Å²) >= 11 is 0. The molecule has 2 rings (SSSR count). The van der Waals surface area contributed by atoms with E-state index < -0.39 is 72.6 Å². The molecule has 0 heterocycles. The molecule has 1 aliphatic rings. The van der Waals surface area contributed by atoms with E-state index in [9.17, 15) is 47.9 Å². The summed E-state index contributed by atoms with van der Waals surface area (Å²) < 4.78 is 90.2. The van der Waals surface area contributed by atoms with E-state index >= 15 is 0 Å². The standard InChI is InChI=1S/C11H14O3.C8H14O3.2C8H16O3.2C7H14O3.C7H12O3.C6H12O3.C5H10O3.C4H8O3/c1-9(13-2)11(12)14-8-10-6-4-3-5-7-10;1-6(10-2)8(9)11-5-7-3-4-7;1-6(10-5)7(9)11-8(2,3)4;1-6(2)5-11-8(9)7(3)10-4;1-5(2)10-7(8)6(3)9-4;2*1-4-5-10-7(8)6(2)9-3;1-4-9-6(7)5(2)8-3;1-4(7-2)5(6)8-3;1-3(7-2)4(5)6/h3-7,9H,8H2,1-2H3;6-7H,3-5H2,1-2H3;6H,1-5H3;6-7H,5H2,1-4H3;5-6H,1-4H3;6H,4-5H2,1-3H3;4,6H,1,5H2,2-3H3;5H,4H2,1-3H3;4H,1-3H3;3H,1-2H3,(H,5,6). The van der Waals surface area contributed by atoms with E-state index in [0.717, 1.165) is 12.0 Å². The normalized spacial score (nSPS) is 13.7. The van der Waals surface area contributed by atoms with Gasteiger partial charge < -0.3 is 95.1 Å². The highest BCUT2D eigenvalue weighted by Gasteiger charge is 2.25.